The van der Waals surface area contributed by atoms with Crippen LogP contribution in [0.15, 0.2) is 12.2 Å². The molecule has 0 atom stereocenters. The maximum Gasteiger partial charge on any atom is 0.410 e. The van der Waals surface area contributed by atoms with E-state index in [4.69, 9.17) is 5.11 Å². The first-order valence-corrected chi connectivity index (χ1v) is 3.89. The SMILES string of the molecule is O=C(O)C(F)(F)C(F)(F)C(F)(F)C(F)(F)C(F)=CF. The molecule has 0 aromatic carbocycles. The summed E-state index contributed by atoms with van der Waals surface area (Å²) in [5.41, 5.74) is 0. The van der Waals surface area contributed by atoms with Gasteiger partial charge >= 0.3 is 29.7 Å². The summed E-state index contributed by atoms with van der Waals surface area (Å²) in [5, 5.41) is 7.61. The van der Waals surface area contributed by atoms with E-state index in [0.29, 0.717) is 0 Å². The third kappa shape index (κ3) is 2.23. The van der Waals surface area contributed by atoms with Crippen molar-refractivity contribution in [3.63, 3.8) is 0 Å². The fourth-order valence-electron chi connectivity index (χ4n) is 0.747. The number of carboxylic acid groups (broad SMARTS) is 1. The minimum atomic E-state index is -7.20. The highest BCUT2D eigenvalue weighted by atomic mass is 19.4. The second kappa shape index (κ2) is 4.56. The molecule has 112 valence electrons. The van der Waals surface area contributed by atoms with Crippen molar-refractivity contribution in [2.75, 3.05) is 0 Å². The Morgan fingerprint density at radius 1 is 0.842 bits per heavy atom. The maximum atomic E-state index is 12.6. The van der Waals surface area contributed by atoms with E-state index in [2.05, 4.69) is 0 Å². The van der Waals surface area contributed by atoms with Gasteiger partial charge in [0.1, 0.15) is 6.33 Å². The number of carboxylic acids is 1. The largest absolute Gasteiger partial charge is 0.477 e. The lowest BCUT2D eigenvalue weighted by Gasteiger charge is -2.34. The molecule has 0 aliphatic heterocycles. The number of rotatable bonds is 5. The molecule has 0 aliphatic carbocycles. The Morgan fingerprint density at radius 3 is 1.42 bits per heavy atom. The second-order valence-corrected chi connectivity index (χ2v) is 3.06. The third-order valence-corrected chi connectivity index (χ3v) is 1.85. The Balaban J connectivity index is 5.98. The van der Waals surface area contributed by atoms with E-state index in [1.54, 1.807) is 0 Å². The lowest BCUT2D eigenvalue weighted by molar-refractivity contribution is -0.353. The number of hydrogen-bond acceptors (Lipinski definition) is 1. The van der Waals surface area contributed by atoms with Crippen molar-refractivity contribution in [3.8, 4) is 0 Å². The molecule has 0 aromatic heterocycles. The molecule has 0 spiro atoms. The first kappa shape index (κ1) is 17.5. The standard InChI is InChI=1S/C7H2F10O2/c8-1-2(9)4(10,11)6(14,15)7(16,17)5(12,13)3(18)19/h1H,(H,18,19). The zero-order valence-electron chi connectivity index (χ0n) is 8.21. The van der Waals surface area contributed by atoms with Gasteiger partial charge in [0.15, 0.2) is 0 Å². The number of halogens is 10. The molecule has 0 amide bonds. The Labute approximate surface area is 96.9 Å². The van der Waals surface area contributed by atoms with E-state index in [1.165, 1.54) is 0 Å². The van der Waals surface area contributed by atoms with Crippen molar-refractivity contribution in [2.24, 2.45) is 0 Å². The fourth-order valence-corrected chi connectivity index (χ4v) is 0.747. The summed E-state index contributed by atoms with van der Waals surface area (Å²) in [6, 6.07) is 0. The van der Waals surface area contributed by atoms with Crippen molar-refractivity contribution >= 4 is 5.97 Å². The van der Waals surface area contributed by atoms with Gasteiger partial charge in [0.25, 0.3) is 0 Å². The van der Waals surface area contributed by atoms with Crippen molar-refractivity contribution in [2.45, 2.75) is 23.7 Å². The summed E-state index contributed by atoms with van der Waals surface area (Å²) < 4.78 is 123. The van der Waals surface area contributed by atoms with Gasteiger partial charge in [-0.05, 0) is 0 Å². The van der Waals surface area contributed by atoms with E-state index < -0.39 is 41.8 Å². The van der Waals surface area contributed by atoms with Crippen molar-refractivity contribution < 1.29 is 53.8 Å². The molecular formula is C7H2F10O2. The highest BCUT2D eigenvalue weighted by Gasteiger charge is 2.84. The number of carbonyl (C=O) groups is 1. The Kier molecular flexibility index (Phi) is 4.20. The van der Waals surface area contributed by atoms with Crippen LogP contribution in [0.5, 0.6) is 0 Å². The van der Waals surface area contributed by atoms with Gasteiger partial charge in [-0.15, -0.1) is 0 Å². The molecule has 1 N–H and O–H groups in total. The summed E-state index contributed by atoms with van der Waals surface area (Å²) >= 11 is 0. The highest BCUT2D eigenvalue weighted by molar-refractivity contribution is 5.77. The lowest BCUT2D eigenvalue weighted by Crippen LogP contribution is -2.64. The van der Waals surface area contributed by atoms with E-state index in [0.717, 1.165) is 0 Å². The fraction of sp³-hybridized carbons (Fsp3) is 0.571. The van der Waals surface area contributed by atoms with E-state index in [9.17, 15) is 48.7 Å². The molecule has 0 aliphatic rings. The first-order valence-electron chi connectivity index (χ1n) is 3.89. The van der Waals surface area contributed by atoms with Gasteiger partial charge in [-0.2, -0.15) is 35.1 Å². The smallest absolute Gasteiger partial charge is 0.410 e. The summed E-state index contributed by atoms with van der Waals surface area (Å²) in [5.74, 6) is -35.3. The van der Waals surface area contributed by atoms with Gasteiger partial charge in [0.05, 0.1) is 0 Å². The first-order chi connectivity index (χ1) is 8.17. The topological polar surface area (TPSA) is 37.3 Å². The molecule has 0 bridgehead atoms. The number of aliphatic carboxylic acids is 1. The van der Waals surface area contributed by atoms with Crippen LogP contribution in [0.3, 0.4) is 0 Å². The van der Waals surface area contributed by atoms with E-state index >= 15 is 0 Å². The molecule has 0 unspecified atom stereocenters. The average molecular weight is 308 g/mol. The molecule has 0 radical (unpaired) electrons. The molecule has 12 heteroatoms. The molecule has 0 rings (SSSR count). The van der Waals surface area contributed by atoms with Crippen LogP contribution in [0, 0.1) is 0 Å². The minimum absolute atomic E-state index is 1.84. The molecule has 0 heterocycles. The number of allylic oxidation sites excluding steroid dienone is 1. The summed E-state index contributed by atoms with van der Waals surface area (Å²) in [6.07, 6.45) is -1.84. The Hall–Kier alpha value is -1.49. The highest BCUT2D eigenvalue weighted by Crippen LogP contribution is 2.54. The van der Waals surface area contributed by atoms with Crippen LogP contribution < -0.4 is 0 Å². The average Bonchev–Trinajstić information content (AvgIpc) is 2.26. The molecule has 2 nitrogen and oxygen atoms in total. The summed E-state index contributed by atoms with van der Waals surface area (Å²) in [4.78, 5) is 9.69. The molecule has 0 aromatic rings. The molecule has 19 heavy (non-hydrogen) atoms. The van der Waals surface area contributed by atoms with Gasteiger partial charge in [-0.1, -0.05) is 0 Å². The van der Waals surface area contributed by atoms with Crippen molar-refractivity contribution in [1.29, 1.82) is 0 Å². The van der Waals surface area contributed by atoms with Gasteiger partial charge in [-0.25, -0.2) is 13.6 Å². The van der Waals surface area contributed by atoms with Crippen molar-refractivity contribution in [3.05, 3.63) is 12.2 Å². The predicted octanol–water partition coefficient (Wildman–Crippen LogP) is 3.39. The van der Waals surface area contributed by atoms with Crippen LogP contribution in [0.25, 0.3) is 0 Å². The maximum absolute atomic E-state index is 12.6. The molecule has 0 saturated heterocycles. The molecular weight excluding hydrogens is 306 g/mol. The Bertz CT molecular complexity index is 399. The van der Waals surface area contributed by atoms with Gasteiger partial charge in [0, 0.05) is 0 Å². The predicted molar refractivity (Wildman–Crippen MR) is 37.7 cm³/mol. The van der Waals surface area contributed by atoms with Gasteiger partial charge in [0.2, 0.25) is 5.83 Å². The lowest BCUT2D eigenvalue weighted by atomic mass is 9.98. The summed E-state index contributed by atoms with van der Waals surface area (Å²) in [6.45, 7) is 0. The van der Waals surface area contributed by atoms with Crippen molar-refractivity contribution in [1.82, 2.24) is 0 Å². The minimum Gasteiger partial charge on any atom is -0.477 e. The summed E-state index contributed by atoms with van der Waals surface area (Å²) in [7, 11) is 0. The van der Waals surface area contributed by atoms with Crippen LogP contribution in [-0.2, 0) is 4.79 Å². The number of hydrogen-bond donors (Lipinski definition) is 1. The van der Waals surface area contributed by atoms with Crippen LogP contribution >= 0.6 is 0 Å². The van der Waals surface area contributed by atoms with E-state index in [-0.39, 0.29) is 0 Å². The third-order valence-electron chi connectivity index (χ3n) is 1.85. The monoisotopic (exact) mass is 308 g/mol. The normalized spacial score (nSPS) is 15.6. The second-order valence-electron chi connectivity index (χ2n) is 3.06. The van der Waals surface area contributed by atoms with Crippen LogP contribution in [0.2, 0.25) is 0 Å². The zero-order chi connectivity index (χ0) is 15.9. The molecule has 0 fully saturated rings. The van der Waals surface area contributed by atoms with Gasteiger partial charge < -0.3 is 5.11 Å². The van der Waals surface area contributed by atoms with E-state index in [1.807, 2.05) is 0 Å². The molecule has 0 saturated carbocycles. The van der Waals surface area contributed by atoms with Crippen LogP contribution in [0.1, 0.15) is 0 Å². The van der Waals surface area contributed by atoms with Crippen LogP contribution in [0.4, 0.5) is 43.9 Å². The number of alkyl halides is 8. The quantitative estimate of drug-likeness (QED) is 0.791. The van der Waals surface area contributed by atoms with Crippen LogP contribution in [-0.4, -0.2) is 34.8 Å². The van der Waals surface area contributed by atoms with Gasteiger partial charge in [-0.3, -0.25) is 0 Å². The Morgan fingerprint density at radius 2 is 1.16 bits per heavy atom. The zero-order valence-corrected chi connectivity index (χ0v) is 8.21.